The van der Waals surface area contributed by atoms with Gasteiger partial charge in [-0.1, -0.05) is 17.7 Å². The highest BCUT2D eigenvalue weighted by molar-refractivity contribution is 6.31. The molecule has 4 rings (SSSR count). The molecule has 2 aromatic heterocycles. The van der Waals surface area contributed by atoms with Gasteiger partial charge in [0.2, 0.25) is 0 Å². The Labute approximate surface area is 145 Å². The van der Waals surface area contributed by atoms with Crippen molar-refractivity contribution in [2.24, 2.45) is 0 Å². The molecule has 0 saturated carbocycles. The largest absolute Gasteiger partial charge is 0.465 e. The van der Waals surface area contributed by atoms with Crippen LogP contribution in [0, 0.1) is 5.82 Å². The fourth-order valence-corrected chi connectivity index (χ4v) is 2.85. The second-order valence-electron chi connectivity index (χ2n) is 5.28. The summed E-state index contributed by atoms with van der Waals surface area (Å²) < 4.78 is 18.3. The van der Waals surface area contributed by atoms with E-state index in [1.807, 2.05) is 0 Å². The van der Waals surface area contributed by atoms with Crippen molar-refractivity contribution in [2.45, 2.75) is 0 Å². The van der Waals surface area contributed by atoms with Gasteiger partial charge in [-0.15, -0.1) is 10.2 Å². The van der Waals surface area contributed by atoms with Crippen LogP contribution in [0.25, 0.3) is 27.6 Å². The normalized spacial score (nSPS) is 11.2. The highest BCUT2D eigenvalue weighted by Gasteiger charge is 2.18. The zero-order valence-corrected chi connectivity index (χ0v) is 13.7. The standard InChI is InChI=1S/C17H10ClFN4O2/c1-25-17(24)11-8-14(18)20-12-5-6-13-16(15(11)12)22-23(21-13)10-4-2-3-9(19)7-10/h2-8H,1H3. The number of ether oxygens (including phenoxy) is 1. The Kier molecular flexibility index (Phi) is 3.58. The topological polar surface area (TPSA) is 69.9 Å². The Morgan fingerprint density at radius 2 is 1.96 bits per heavy atom. The monoisotopic (exact) mass is 356 g/mol. The van der Waals surface area contributed by atoms with Crippen molar-refractivity contribution in [3.8, 4) is 5.69 Å². The second kappa shape index (κ2) is 5.78. The molecule has 0 amide bonds. The average Bonchev–Trinajstić information content (AvgIpc) is 3.04. The summed E-state index contributed by atoms with van der Waals surface area (Å²) in [7, 11) is 1.28. The first-order valence-electron chi connectivity index (χ1n) is 7.27. The van der Waals surface area contributed by atoms with E-state index < -0.39 is 11.8 Å². The van der Waals surface area contributed by atoms with Crippen LogP contribution in [0.3, 0.4) is 0 Å². The maximum absolute atomic E-state index is 13.5. The quantitative estimate of drug-likeness (QED) is 0.406. The molecular weight excluding hydrogens is 347 g/mol. The number of methoxy groups -OCH3 is 1. The zero-order valence-electron chi connectivity index (χ0n) is 12.9. The van der Waals surface area contributed by atoms with Crippen LogP contribution >= 0.6 is 11.6 Å². The molecule has 0 radical (unpaired) electrons. The molecule has 0 spiro atoms. The number of halogens is 2. The molecule has 25 heavy (non-hydrogen) atoms. The van der Waals surface area contributed by atoms with Crippen molar-refractivity contribution in [1.29, 1.82) is 0 Å². The van der Waals surface area contributed by atoms with Crippen LogP contribution < -0.4 is 0 Å². The minimum atomic E-state index is -0.554. The maximum atomic E-state index is 13.5. The average molecular weight is 357 g/mol. The lowest BCUT2D eigenvalue weighted by atomic mass is 10.1. The molecule has 0 aliphatic carbocycles. The predicted molar refractivity (Wildman–Crippen MR) is 90.5 cm³/mol. The lowest BCUT2D eigenvalue weighted by Crippen LogP contribution is -2.03. The lowest BCUT2D eigenvalue weighted by molar-refractivity contribution is 0.0603. The molecule has 2 aromatic carbocycles. The number of fused-ring (bicyclic) bond motifs is 3. The fourth-order valence-electron chi connectivity index (χ4n) is 2.65. The Hall–Kier alpha value is -3.06. The molecule has 0 bridgehead atoms. The van der Waals surface area contributed by atoms with Crippen LogP contribution in [-0.2, 0) is 4.74 Å². The SMILES string of the molecule is COC(=O)c1cc(Cl)nc2ccc3nn(-c4cccc(F)c4)nc3c12. The summed E-state index contributed by atoms with van der Waals surface area (Å²) in [5.74, 6) is -0.950. The van der Waals surface area contributed by atoms with Crippen molar-refractivity contribution < 1.29 is 13.9 Å². The summed E-state index contributed by atoms with van der Waals surface area (Å²) in [5.41, 5.74) is 2.18. The van der Waals surface area contributed by atoms with Gasteiger partial charge >= 0.3 is 5.97 Å². The number of esters is 1. The molecule has 0 fully saturated rings. The van der Waals surface area contributed by atoms with Gasteiger partial charge in [-0.2, -0.15) is 4.80 Å². The summed E-state index contributed by atoms with van der Waals surface area (Å²) in [6.07, 6.45) is 0. The van der Waals surface area contributed by atoms with Crippen molar-refractivity contribution in [2.75, 3.05) is 7.11 Å². The van der Waals surface area contributed by atoms with Crippen molar-refractivity contribution >= 4 is 39.5 Å². The number of pyridine rings is 1. The molecule has 8 heteroatoms. The predicted octanol–water partition coefficient (Wildman–Crippen LogP) is 3.55. The fraction of sp³-hybridized carbons (Fsp3) is 0.0588. The first kappa shape index (κ1) is 15.5. The number of aromatic nitrogens is 4. The third-order valence-electron chi connectivity index (χ3n) is 3.74. The van der Waals surface area contributed by atoms with Crippen molar-refractivity contribution in [3.05, 3.63) is 59.0 Å². The van der Waals surface area contributed by atoms with Crippen LogP contribution in [0.2, 0.25) is 5.15 Å². The molecule has 2 heterocycles. The van der Waals surface area contributed by atoms with Crippen LogP contribution in [-0.4, -0.2) is 33.1 Å². The van der Waals surface area contributed by atoms with E-state index in [9.17, 15) is 9.18 Å². The minimum absolute atomic E-state index is 0.171. The molecule has 4 aromatic rings. The van der Waals surface area contributed by atoms with Gasteiger partial charge in [0.15, 0.2) is 0 Å². The number of hydrogen-bond donors (Lipinski definition) is 0. The number of rotatable bonds is 2. The summed E-state index contributed by atoms with van der Waals surface area (Å²) in [4.78, 5) is 17.7. The van der Waals surface area contributed by atoms with E-state index in [1.54, 1.807) is 24.3 Å². The third-order valence-corrected chi connectivity index (χ3v) is 3.93. The number of carbonyl (C=O) groups is 1. The van der Waals surface area contributed by atoms with E-state index >= 15 is 0 Å². The van der Waals surface area contributed by atoms with Gasteiger partial charge in [0.25, 0.3) is 0 Å². The van der Waals surface area contributed by atoms with Crippen molar-refractivity contribution in [1.82, 2.24) is 20.0 Å². The Bertz CT molecular complexity index is 1140. The van der Waals surface area contributed by atoms with Gasteiger partial charge in [0.05, 0.1) is 23.9 Å². The smallest absolute Gasteiger partial charge is 0.338 e. The summed E-state index contributed by atoms with van der Waals surface area (Å²) >= 11 is 5.99. The molecular formula is C17H10ClFN4O2. The van der Waals surface area contributed by atoms with Gasteiger partial charge in [0.1, 0.15) is 22.0 Å². The van der Waals surface area contributed by atoms with Crippen LogP contribution in [0.4, 0.5) is 4.39 Å². The first-order chi connectivity index (χ1) is 12.1. The molecule has 0 N–H and O–H groups in total. The minimum Gasteiger partial charge on any atom is -0.465 e. The van der Waals surface area contributed by atoms with Gasteiger partial charge in [-0.3, -0.25) is 0 Å². The number of nitrogens with zero attached hydrogens (tertiary/aromatic N) is 4. The van der Waals surface area contributed by atoms with E-state index in [0.717, 1.165) is 0 Å². The summed E-state index contributed by atoms with van der Waals surface area (Å²) in [6, 6.07) is 10.7. The van der Waals surface area contributed by atoms with Crippen LogP contribution in [0.5, 0.6) is 0 Å². The van der Waals surface area contributed by atoms with E-state index in [2.05, 4.69) is 15.2 Å². The van der Waals surface area contributed by atoms with E-state index in [-0.39, 0.29) is 10.7 Å². The van der Waals surface area contributed by atoms with Crippen molar-refractivity contribution in [3.63, 3.8) is 0 Å². The summed E-state index contributed by atoms with van der Waals surface area (Å²) in [5, 5.41) is 9.41. The highest BCUT2D eigenvalue weighted by atomic mass is 35.5. The second-order valence-corrected chi connectivity index (χ2v) is 5.67. The van der Waals surface area contributed by atoms with E-state index in [0.29, 0.717) is 27.6 Å². The van der Waals surface area contributed by atoms with Gasteiger partial charge in [0, 0.05) is 11.5 Å². The number of benzene rings is 2. The number of hydrogen-bond acceptors (Lipinski definition) is 5. The highest BCUT2D eigenvalue weighted by Crippen LogP contribution is 2.28. The Balaban J connectivity index is 2.05. The Morgan fingerprint density at radius 1 is 1.16 bits per heavy atom. The molecule has 0 saturated heterocycles. The third kappa shape index (κ3) is 2.58. The van der Waals surface area contributed by atoms with Gasteiger partial charge in [-0.25, -0.2) is 14.2 Å². The van der Waals surface area contributed by atoms with E-state index in [4.69, 9.17) is 16.3 Å². The van der Waals surface area contributed by atoms with Crippen LogP contribution in [0.1, 0.15) is 10.4 Å². The molecule has 0 aliphatic rings. The van der Waals surface area contributed by atoms with Crippen LogP contribution in [0.15, 0.2) is 42.5 Å². The molecule has 124 valence electrons. The molecule has 0 aliphatic heterocycles. The first-order valence-corrected chi connectivity index (χ1v) is 7.65. The molecule has 0 atom stereocenters. The number of carbonyl (C=O) groups excluding carboxylic acids is 1. The van der Waals surface area contributed by atoms with E-state index in [1.165, 1.54) is 30.1 Å². The van der Waals surface area contributed by atoms with Gasteiger partial charge in [-0.05, 0) is 30.3 Å². The Morgan fingerprint density at radius 3 is 2.72 bits per heavy atom. The zero-order chi connectivity index (χ0) is 17.6. The summed E-state index contributed by atoms with van der Waals surface area (Å²) in [6.45, 7) is 0. The molecule has 6 nitrogen and oxygen atoms in total. The molecule has 0 unspecified atom stereocenters. The van der Waals surface area contributed by atoms with Gasteiger partial charge < -0.3 is 4.74 Å². The maximum Gasteiger partial charge on any atom is 0.338 e. The lowest BCUT2D eigenvalue weighted by Gasteiger charge is -2.05.